The molecule has 3 N–H and O–H groups in total. The van der Waals surface area contributed by atoms with Crippen LogP contribution in [0.4, 0.5) is 18.9 Å². The van der Waals surface area contributed by atoms with E-state index >= 15 is 0 Å². The lowest BCUT2D eigenvalue weighted by Gasteiger charge is -2.47. The smallest absolute Gasteiger partial charge is 0.255 e. The van der Waals surface area contributed by atoms with Crippen molar-refractivity contribution in [1.82, 2.24) is 15.1 Å². The van der Waals surface area contributed by atoms with Crippen LogP contribution in [0.15, 0.2) is 48.5 Å². The third-order valence-electron chi connectivity index (χ3n) is 6.55. The minimum atomic E-state index is -2.60. The maximum Gasteiger partial charge on any atom is 0.255 e. The molecule has 0 bridgehead atoms. The molecule has 2 fully saturated rings. The van der Waals surface area contributed by atoms with E-state index in [0.29, 0.717) is 12.1 Å². The molecule has 2 amide bonds. The van der Waals surface area contributed by atoms with Crippen LogP contribution in [-0.2, 0) is 4.79 Å². The van der Waals surface area contributed by atoms with Crippen LogP contribution >= 0.6 is 11.6 Å². The van der Waals surface area contributed by atoms with E-state index < -0.39 is 18.9 Å². The topological polar surface area (TPSA) is 84.9 Å². The number of nitrogens with zero attached hydrogens (tertiary/aromatic N) is 2. The monoisotopic (exact) mass is 582 g/mol. The fourth-order valence-electron chi connectivity index (χ4n) is 4.54. The molecule has 7 nitrogen and oxygen atoms in total. The third kappa shape index (κ3) is 10.5. The summed E-state index contributed by atoms with van der Waals surface area (Å²) in [5.41, 5.74) is 1.88. The fourth-order valence-corrected chi connectivity index (χ4v) is 4.81. The van der Waals surface area contributed by atoms with Crippen molar-refractivity contribution in [2.24, 2.45) is 0 Å². The van der Waals surface area contributed by atoms with Gasteiger partial charge in [0.1, 0.15) is 5.82 Å². The number of hydrogen-bond acceptors (Lipinski definition) is 5. The van der Waals surface area contributed by atoms with Crippen molar-refractivity contribution in [3.8, 4) is 0 Å². The van der Waals surface area contributed by atoms with Crippen molar-refractivity contribution >= 4 is 35.2 Å². The highest BCUT2D eigenvalue weighted by Crippen LogP contribution is 2.26. The Morgan fingerprint density at radius 1 is 1.12 bits per heavy atom. The number of nitrogens with one attached hydrogen (secondary N) is 2. The van der Waals surface area contributed by atoms with Gasteiger partial charge in [0.25, 0.3) is 12.3 Å². The SMILES string of the molecule is C/C=C/c1cccc(F)c1.CC(=O)N1CCC(N2CC(Nc3ccc(C(=O)NCC(F)F)c(Cl)c3)C2)CC1.CO. The Morgan fingerprint density at radius 3 is 2.35 bits per heavy atom. The van der Waals surface area contributed by atoms with E-state index in [1.165, 1.54) is 12.1 Å². The molecule has 2 saturated heterocycles. The minimum absolute atomic E-state index is 0.143. The average Bonchev–Trinajstić information content (AvgIpc) is 2.91. The predicted molar refractivity (Wildman–Crippen MR) is 153 cm³/mol. The van der Waals surface area contributed by atoms with Crippen LogP contribution in [0, 0.1) is 5.82 Å². The van der Waals surface area contributed by atoms with Gasteiger partial charge in [0.05, 0.1) is 23.2 Å². The molecule has 0 spiro atoms. The number of piperidine rings is 1. The summed E-state index contributed by atoms with van der Waals surface area (Å²) in [6, 6.07) is 12.2. The number of carbonyl (C=O) groups is 2. The van der Waals surface area contributed by atoms with Crippen molar-refractivity contribution < 1.29 is 27.9 Å². The summed E-state index contributed by atoms with van der Waals surface area (Å²) in [5, 5.41) is 12.8. The Morgan fingerprint density at radius 2 is 1.80 bits per heavy atom. The van der Waals surface area contributed by atoms with Gasteiger partial charge in [0, 0.05) is 51.9 Å². The first kappa shape index (κ1) is 33.1. The van der Waals surface area contributed by atoms with Crippen LogP contribution in [0.5, 0.6) is 0 Å². The summed E-state index contributed by atoms with van der Waals surface area (Å²) in [6.07, 6.45) is 3.15. The molecule has 0 aliphatic carbocycles. The number of rotatable bonds is 7. The number of anilines is 1. The van der Waals surface area contributed by atoms with E-state index in [-0.39, 0.29) is 22.3 Å². The molecular weight excluding hydrogens is 545 g/mol. The molecule has 2 aliphatic heterocycles. The average molecular weight is 583 g/mol. The predicted octanol–water partition coefficient (Wildman–Crippen LogP) is 4.91. The van der Waals surface area contributed by atoms with Crippen molar-refractivity contribution in [2.75, 3.05) is 45.2 Å². The van der Waals surface area contributed by atoms with Gasteiger partial charge in [-0.05, 0) is 55.7 Å². The molecule has 220 valence electrons. The Hall–Kier alpha value is -3.08. The number of aliphatic hydroxyl groups is 1. The Kier molecular flexibility index (Phi) is 14.0. The summed E-state index contributed by atoms with van der Waals surface area (Å²) < 4.78 is 36.9. The van der Waals surface area contributed by atoms with Gasteiger partial charge >= 0.3 is 0 Å². The number of allylic oxidation sites excluding steroid dienone is 1. The quantitative estimate of drug-likeness (QED) is 0.432. The van der Waals surface area contributed by atoms with E-state index in [0.717, 1.165) is 57.4 Å². The first-order valence-electron chi connectivity index (χ1n) is 13.1. The molecule has 11 heteroatoms. The maximum absolute atomic E-state index is 12.5. The summed E-state index contributed by atoms with van der Waals surface area (Å²) in [7, 11) is 1.00. The van der Waals surface area contributed by atoms with Crippen LogP contribution < -0.4 is 10.6 Å². The second-order valence-electron chi connectivity index (χ2n) is 9.38. The number of halogens is 4. The van der Waals surface area contributed by atoms with Gasteiger partial charge in [-0.25, -0.2) is 13.2 Å². The Balaban J connectivity index is 0.000000391. The van der Waals surface area contributed by atoms with E-state index in [1.807, 2.05) is 30.0 Å². The fraction of sp³-hybridized carbons (Fsp3) is 0.448. The number of amides is 2. The largest absolute Gasteiger partial charge is 0.400 e. The number of alkyl halides is 2. The van der Waals surface area contributed by atoms with Crippen molar-refractivity contribution in [3.05, 3.63) is 70.5 Å². The van der Waals surface area contributed by atoms with E-state index in [1.54, 1.807) is 31.2 Å². The summed E-state index contributed by atoms with van der Waals surface area (Å²) >= 11 is 6.14. The zero-order valence-corrected chi connectivity index (χ0v) is 23.8. The zero-order valence-electron chi connectivity index (χ0n) is 23.0. The first-order chi connectivity index (χ1) is 19.2. The summed E-state index contributed by atoms with van der Waals surface area (Å²) in [5.74, 6) is -0.649. The molecule has 0 saturated carbocycles. The molecule has 2 aliphatic rings. The lowest BCUT2D eigenvalue weighted by atomic mass is 9.97. The number of likely N-dealkylation sites (tertiary alicyclic amines) is 2. The van der Waals surface area contributed by atoms with Gasteiger partial charge in [0.15, 0.2) is 0 Å². The molecule has 40 heavy (non-hydrogen) atoms. The van der Waals surface area contributed by atoms with Gasteiger partial charge in [-0.1, -0.05) is 35.9 Å². The number of aliphatic hydroxyl groups excluding tert-OH is 1. The van der Waals surface area contributed by atoms with Crippen LogP contribution in [0.3, 0.4) is 0 Å². The second-order valence-corrected chi connectivity index (χ2v) is 9.79. The second kappa shape index (κ2) is 16.9. The molecule has 0 atom stereocenters. The summed E-state index contributed by atoms with van der Waals surface area (Å²) in [6.45, 7) is 6.29. The molecule has 0 unspecified atom stereocenters. The number of carbonyl (C=O) groups excluding carboxylic acids is 2. The minimum Gasteiger partial charge on any atom is -0.400 e. The molecule has 0 aromatic heterocycles. The van der Waals surface area contributed by atoms with E-state index in [2.05, 4.69) is 15.5 Å². The highest BCUT2D eigenvalue weighted by Gasteiger charge is 2.34. The van der Waals surface area contributed by atoms with Crippen LogP contribution in [0.1, 0.15) is 42.6 Å². The molecule has 2 heterocycles. The van der Waals surface area contributed by atoms with Gasteiger partial charge in [-0.2, -0.15) is 0 Å². The summed E-state index contributed by atoms with van der Waals surface area (Å²) in [4.78, 5) is 27.6. The first-order valence-corrected chi connectivity index (χ1v) is 13.5. The maximum atomic E-state index is 12.5. The van der Waals surface area contributed by atoms with Gasteiger partial charge in [0.2, 0.25) is 5.91 Å². The van der Waals surface area contributed by atoms with Gasteiger partial charge in [-0.3, -0.25) is 14.5 Å². The van der Waals surface area contributed by atoms with Gasteiger partial charge in [-0.15, -0.1) is 0 Å². The van der Waals surface area contributed by atoms with Gasteiger partial charge < -0.3 is 20.6 Å². The number of hydrogen-bond donors (Lipinski definition) is 3. The van der Waals surface area contributed by atoms with Crippen LogP contribution in [0.2, 0.25) is 5.02 Å². The Bertz CT molecular complexity index is 1120. The lowest BCUT2D eigenvalue weighted by molar-refractivity contribution is -0.130. The van der Waals surface area contributed by atoms with Crippen LogP contribution in [-0.4, -0.2) is 85.1 Å². The van der Waals surface area contributed by atoms with Crippen molar-refractivity contribution in [3.63, 3.8) is 0 Å². The Labute approximate surface area is 239 Å². The molecule has 2 aromatic carbocycles. The highest BCUT2D eigenvalue weighted by molar-refractivity contribution is 6.34. The normalized spacial score (nSPS) is 16.0. The van der Waals surface area contributed by atoms with Crippen molar-refractivity contribution in [1.29, 1.82) is 0 Å². The molecular formula is C29H38ClF3N4O3. The highest BCUT2D eigenvalue weighted by atomic mass is 35.5. The van der Waals surface area contributed by atoms with E-state index in [4.69, 9.17) is 16.7 Å². The molecule has 0 radical (unpaired) electrons. The van der Waals surface area contributed by atoms with Crippen molar-refractivity contribution in [2.45, 2.75) is 45.2 Å². The lowest BCUT2D eigenvalue weighted by Crippen LogP contribution is -2.60. The number of benzene rings is 2. The van der Waals surface area contributed by atoms with Crippen LogP contribution in [0.25, 0.3) is 6.08 Å². The third-order valence-corrected chi connectivity index (χ3v) is 6.86. The van der Waals surface area contributed by atoms with E-state index in [9.17, 15) is 22.8 Å². The molecule has 4 rings (SSSR count). The molecule has 2 aromatic rings. The standard InChI is InChI=1S/C19H25ClF2N4O2.C9H9F.CH4O/c1-12(27)25-6-4-15(5-7-25)26-10-14(11-26)24-13-2-3-16(17(20)8-13)19(28)23-9-18(21)22;1-2-4-8-5-3-6-9(10)7-8;1-2/h2-3,8,14-15,18,24H,4-7,9-11H2,1H3,(H,23,28);2-7H,1H3;2H,1H3/b;4-2+;. The zero-order chi connectivity index (χ0) is 29.7.